The van der Waals surface area contributed by atoms with Gasteiger partial charge in [0.25, 0.3) is 0 Å². The van der Waals surface area contributed by atoms with E-state index in [1.54, 1.807) is 6.07 Å². The standard InChI is InChI=1S/C43H47ClFN9O2/c1-50-37(22-31-21-34(45)39(23-38(31)50)54-20-14-40(55)47-43(54)56)29-12-16-51(17-13-29)25-27-10-18-52(19-11-27)32-6-4-28(5-7-32)30-3-2-15-53(26-30)36-9-8-33(44)41-35(24-46)48-49-42(36)41/h4-9,21-23,27,29-30H,2-3,10-20,25-26H2,1H3,(H,48,49)(H,47,55,56)/t30-/m0/s1. The summed E-state index contributed by atoms with van der Waals surface area (Å²) in [6.07, 6.45) is 6.91. The summed E-state index contributed by atoms with van der Waals surface area (Å²) in [7, 11) is 2.03. The van der Waals surface area contributed by atoms with Gasteiger partial charge in [0, 0.05) is 81.3 Å². The molecule has 13 heteroatoms. The largest absolute Gasteiger partial charge is 0.372 e. The molecule has 56 heavy (non-hydrogen) atoms. The van der Waals surface area contributed by atoms with Crippen molar-refractivity contribution in [2.24, 2.45) is 13.0 Å². The Morgan fingerprint density at radius 2 is 1.68 bits per heavy atom. The number of rotatable bonds is 7. The summed E-state index contributed by atoms with van der Waals surface area (Å²) < 4.78 is 17.4. The van der Waals surface area contributed by atoms with Crippen molar-refractivity contribution in [1.29, 1.82) is 5.26 Å². The molecule has 0 saturated carbocycles. The number of H-pyrrole nitrogens is 1. The van der Waals surface area contributed by atoms with Crippen molar-refractivity contribution in [2.75, 3.05) is 67.1 Å². The Labute approximate surface area is 331 Å². The lowest BCUT2D eigenvalue weighted by molar-refractivity contribution is -0.120. The fraction of sp³-hybridized carbons (Fsp3) is 0.442. The molecule has 9 rings (SSSR count). The molecule has 4 fully saturated rings. The Bertz CT molecular complexity index is 2330. The van der Waals surface area contributed by atoms with Crippen LogP contribution < -0.4 is 20.0 Å². The van der Waals surface area contributed by atoms with Gasteiger partial charge in [-0.05, 0) is 106 Å². The molecule has 4 aliphatic heterocycles. The number of aromatic nitrogens is 3. The van der Waals surface area contributed by atoms with E-state index in [1.165, 1.54) is 40.8 Å². The summed E-state index contributed by atoms with van der Waals surface area (Å²) in [6, 6.07) is 20.1. The minimum absolute atomic E-state index is 0.158. The highest BCUT2D eigenvalue weighted by atomic mass is 35.5. The molecule has 2 aromatic heterocycles. The van der Waals surface area contributed by atoms with E-state index in [0.717, 1.165) is 93.6 Å². The number of piperidine rings is 3. The summed E-state index contributed by atoms with van der Waals surface area (Å²) >= 11 is 6.46. The molecule has 0 spiro atoms. The average molecular weight is 776 g/mol. The van der Waals surface area contributed by atoms with Crippen LogP contribution in [0.5, 0.6) is 0 Å². The maximum atomic E-state index is 15.2. The first-order valence-electron chi connectivity index (χ1n) is 20.0. The molecular formula is C43H47ClFN9O2. The van der Waals surface area contributed by atoms with Crippen LogP contribution >= 0.6 is 11.6 Å². The molecule has 4 saturated heterocycles. The number of aromatic amines is 1. The lowest BCUT2D eigenvalue weighted by Crippen LogP contribution is -2.49. The Morgan fingerprint density at radius 3 is 2.43 bits per heavy atom. The molecule has 0 radical (unpaired) electrons. The number of benzene rings is 3. The Morgan fingerprint density at radius 1 is 0.893 bits per heavy atom. The second-order valence-electron chi connectivity index (χ2n) is 16.1. The number of nitriles is 1. The third-order valence-electron chi connectivity index (χ3n) is 12.9. The number of amides is 3. The molecule has 6 heterocycles. The van der Waals surface area contributed by atoms with Crippen LogP contribution in [0.2, 0.25) is 5.02 Å². The van der Waals surface area contributed by atoms with Crippen LogP contribution in [0.25, 0.3) is 21.8 Å². The van der Waals surface area contributed by atoms with E-state index in [1.807, 2.05) is 19.2 Å². The van der Waals surface area contributed by atoms with E-state index < -0.39 is 11.8 Å². The third kappa shape index (κ3) is 6.85. The van der Waals surface area contributed by atoms with Gasteiger partial charge in [0.1, 0.15) is 11.9 Å². The number of carbonyl (C=O) groups is 2. The molecule has 0 aliphatic carbocycles. The van der Waals surface area contributed by atoms with Crippen LogP contribution in [-0.4, -0.2) is 84.0 Å². The quantitative estimate of drug-likeness (QED) is 0.175. The number of halogens is 2. The fourth-order valence-electron chi connectivity index (χ4n) is 9.76. The van der Waals surface area contributed by atoms with E-state index in [4.69, 9.17) is 11.6 Å². The zero-order valence-corrected chi connectivity index (χ0v) is 32.5. The molecule has 0 bridgehead atoms. The molecule has 3 amide bonds. The number of fused-ring (bicyclic) bond motifs is 2. The maximum Gasteiger partial charge on any atom is 0.328 e. The molecular weight excluding hydrogens is 729 g/mol. The molecule has 3 aromatic carbocycles. The molecule has 290 valence electrons. The Balaban J connectivity index is 0.768. The van der Waals surface area contributed by atoms with E-state index in [9.17, 15) is 14.9 Å². The van der Waals surface area contributed by atoms with Gasteiger partial charge in [0.15, 0.2) is 5.69 Å². The van der Waals surface area contributed by atoms with Crippen LogP contribution in [-0.2, 0) is 11.8 Å². The summed E-state index contributed by atoms with van der Waals surface area (Å²) in [5.74, 6) is 0.734. The number of hydrogen-bond donors (Lipinski definition) is 2. The number of likely N-dealkylation sites (tertiary alicyclic amines) is 1. The van der Waals surface area contributed by atoms with Crippen molar-refractivity contribution in [3.05, 3.63) is 82.4 Å². The van der Waals surface area contributed by atoms with Gasteiger partial charge in [-0.25, -0.2) is 9.18 Å². The predicted octanol–water partition coefficient (Wildman–Crippen LogP) is 7.65. The van der Waals surface area contributed by atoms with Crippen molar-refractivity contribution in [3.63, 3.8) is 0 Å². The molecule has 0 unspecified atom stereocenters. The van der Waals surface area contributed by atoms with Crippen LogP contribution in [0.15, 0.2) is 54.6 Å². The van der Waals surface area contributed by atoms with Gasteiger partial charge in [-0.2, -0.15) is 10.4 Å². The van der Waals surface area contributed by atoms with E-state index >= 15 is 4.39 Å². The fourth-order valence-corrected chi connectivity index (χ4v) is 10.0. The molecule has 11 nitrogen and oxygen atoms in total. The van der Waals surface area contributed by atoms with Gasteiger partial charge >= 0.3 is 6.03 Å². The van der Waals surface area contributed by atoms with Crippen molar-refractivity contribution in [2.45, 2.75) is 56.8 Å². The second kappa shape index (κ2) is 15.1. The lowest BCUT2D eigenvalue weighted by atomic mass is 9.89. The first kappa shape index (κ1) is 36.5. The first-order chi connectivity index (χ1) is 27.2. The van der Waals surface area contributed by atoms with Gasteiger partial charge in [-0.1, -0.05) is 23.7 Å². The van der Waals surface area contributed by atoms with Crippen LogP contribution in [0.1, 0.15) is 73.7 Å². The number of hydrogen-bond acceptors (Lipinski definition) is 7. The van der Waals surface area contributed by atoms with Gasteiger partial charge < -0.3 is 19.3 Å². The Kier molecular flexibility index (Phi) is 9.84. The highest BCUT2D eigenvalue weighted by Gasteiger charge is 2.30. The number of nitrogens with one attached hydrogen (secondary N) is 2. The van der Waals surface area contributed by atoms with Crippen molar-refractivity contribution in [1.82, 2.24) is 25.0 Å². The highest BCUT2D eigenvalue weighted by Crippen LogP contribution is 2.38. The van der Waals surface area contributed by atoms with E-state index in [-0.39, 0.29) is 24.6 Å². The minimum Gasteiger partial charge on any atom is -0.372 e. The summed E-state index contributed by atoms with van der Waals surface area (Å²) in [4.78, 5) is 33.0. The monoisotopic (exact) mass is 775 g/mol. The summed E-state index contributed by atoms with van der Waals surface area (Å²) in [5.41, 5.74) is 7.22. The van der Waals surface area contributed by atoms with Crippen molar-refractivity contribution >= 4 is 62.4 Å². The average Bonchev–Trinajstić information content (AvgIpc) is 3.80. The summed E-state index contributed by atoms with van der Waals surface area (Å²) in [6.45, 7) is 7.43. The minimum atomic E-state index is -0.574. The number of carbonyl (C=O) groups excluding carboxylic acids is 2. The molecule has 5 aromatic rings. The Hall–Kier alpha value is -5.12. The van der Waals surface area contributed by atoms with Crippen molar-refractivity contribution in [3.8, 4) is 6.07 Å². The molecule has 4 aliphatic rings. The first-order valence-corrected chi connectivity index (χ1v) is 20.4. The smallest absolute Gasteiger partial charge is 0.328 e. The predicted molar refractivity (Wildman–Crippen MR) is 218 cm³/mol. The second-order valence-corrected chi connectivity index (χ2v) is 16.5. The van der Waals surface area contributed by atoms with Gasteiger partial charge in [0.05, 0.1) is 32.8 Å². The number of urea groups is 1. The topological polar surface area (TPSA) is 117 Å². The zero-order valence-electron chi connectivity index (χ0n) is 31.7. The van der Waals surface area contributed by atoms with E-state index in [0.29, 0.717) is 33.9 Å². The highest BCUT2D eigenvalue weighted by molar-refractivity contribution is 6.36. The molecule has 2 N–H and O–H groups in total. The van der Waals surface area contributed by atoms with Crippen LogP contribution in [0.3, 0.4) is 0 Å². The lowest BCUT2D eigenvalue weighted by Gasteiger charge is -2.38. The zero-order chi connectivity index (χ0) is 38.5. The maximum absolute atomic E-state index is 15.2. The van der Waals surface area contributed by atoms with Gasteiger partial charge in [-0.3, -0.25) is 20.1 Å². The van der Waals surface area contributed by atoms with E-state index in [2.05, 4.69) is 71.2 Å². The van der Waals surface area contributed by atoms with Crippen molar-refractivity contribution < 1.29 is 14.0 Å². The number of aryl methyl sites for hydroxylation is 1. The number of imide groups is 1. The molecule has 1 atom stereocenters. The SMILES string of the molecule is Cn1c(C2CCN(CC3CCN(c4ccc([C@H]5CCCN(c6ccc(Cl)c7c(C#N)n[nH]c67)C5)cc4)CC3)CC2)cc2cc(F)c(N3CCC(=O)NC3=O)cc21. The third-order valence-corrected chi connectivity index (χ3v) is 13.2. The van der Waals surface area contributed by atoms with Crippen LogP contribution in [0, 0.1) is 23.1 Å². The van der Waals surface area contributed by atoms with Crippen LogP contribution in [0.4, 0.5) is 26.2 Å². The number of nitrogens with zero attached hydrogens (tertiary/aromatic N) is 7. The van der Waals surface area contributed by atoms with Gasteiger partial charge in [-0.15, -0.1) is 0 Å². The number of anilines is 3. The van der Waals surface area contributed by atoms with Gasteiger partial charge in [0.2, 0.25) is 5.91 Å². The summed E-state index contributed by atoms with van der Waals surface area (Å²) in [5, 5.41) is 21.2. The normalized spacial score (nSPS) is 20.6.